The molecule has 122 valence electrons. The number of nitrogens with zero attached hydrogens (tertiary/aromatic N) is 1. The number of carbonyl (C=O) groups is 2. The zero-order chi connectivity index (χ0) is 17.7. The Morgan fingerprint density at radius 3 is 2.42 bits per heavy atom. The number of fused-ring (bicyclic) bond motifs is 1. The normalized spacial score (nSPS) is 9.83. The Morgan fingerprint density at radius 1 is 1.12 bits per heavy atom. The number of carboxylic acids is 2. The first kappa shape index (κ1) is 16.6. The van der Waals surface area contributed by atoms with E-state index in [1.54, 1.807) is 0 Å². The van der Waals surface area contributed by atoms with Gasteiger partial charge >= 0.3 is 5.97 Å². The number of nitro benzene ring substituents is 1. The summed E-state index contributed by atoms with van der Waals surface area (Å²) in [6, 6.07) is 11.0. The topological polar surface area (TPSA) is 150 Å². The Kier molecular flexibility index (Phi) is 4.85. The summed E-state index contributed by atoms with van der Waals surface area (Å²) < 4.78 is 0. The van der Waals surface area contributed by atoms with Crippen LogP contribution in [0.15, 0.2) is 48.8 Å². The highest BCUT2D eigenvalue weighted by molar-refractivity contribution is 6.03. The van der Waals surface area contributed by atoms with Crippen molar-refractivity contribution in [1.82, 2.24) is 4.98 Å². The van der Waals surface area contributed by atoms with Gasteiger partial charge in [-0.1, -0.05) is 24.3 Å². The van der Waals surface area contributed by atoms with Gasteiger partial charge in [-0.15, -0.1) is 0 Å². The summed E-state index contributed by atoms with van der Waals surface area (Å²) in [6.07, 6.45) is 1.82. The average molecular weight is 329 g/mol. The number of rotatable bonds is 3. The van der Waals surface area contributed by atoms with Crippen LogP contribution in [0.2, 0.25) is 0 Å². The largest absolute Gasteiger partial charge is 0.545 e. The molecule has 0 saturated heterocycles. The van der Waals surface area contributed by atoms with Crippen LogP contribution in [0.1, 0.15) is 20.7 Å². The van der Waals surface area contributed by atoms with Crippen molar-refractivity contribution in [3.05, 3.63) is 70.0 Å². The second-order valence-corrected chi connectivity index (χ2v) is 4.53. The standard InChI is InChI=1S/C8H5NO6.C7H6N2/c10-7(11)4-2-1-3-5(9(14)15)6(4)8(12)13;1-2-4-7-6(3-1)8-5-9-7/h1-3H,(H,10,11)(H,12,13);1-5H,(H,8,9). The Bertz CT molecular complexity index is 856. The van der Waals surface area contributed by atoms with E-state index in [9.17, 15) is 24.8 Å². The van der Waals surface area contributed by atoms with E-state index in [-0.39, 0.29) is 0 Å². The molecule has 9 nitrogen and oxygen atoms in total. The van der Waals surface area contributed by atoms with Crippen molar-refractivity contribution in [3.8, 4) is 0 Å². The smallest absolute Gasteiger partial charge is 0.343 e. The number of nitro groups is 1. The number of aromatic nitrogens is 2. The van der Waals surface area contributed by atoms with Gasteiger partial charge in [0.15, 0.2) is 11.0 Å². The highest BCUT2D eigenvalue weighted by atomic mass is 16.6. The van der Waals surface area contributed by atoms with Gasteiger partial charge in [-0.3, -0.25) is 10.1 Å². The molecule has 1 aromatic heterocycles. The molecule has 0 fully saturated rings. The van der Waals surface area contributed by atoms with Gasteiger partial charge in [0, 0.05) is 11.6 Å². The maximum atomic E-state index is 10.7. The van der Waals surface area contributed by atoms with Crippen LogP contribution < -0.4 is 10.1 Å². The van der Waals surface area contributed by atoms with Gasteiger partial charge < -0.3 is 15.0 Å². The minimum atomic E-state index is -1.77. The monoisotopic (exact) mass is 329 g/mol. The molecule has 0 unspecified atom stereocenters. The van der Waals surface area contributed by atoms with Gasteiger partial charge in [0.2, 0.25) is 6.33 Å². The quantitative estimate of drug-likeness (QED) is 0.531. The number of imidazole rings is 1. The van der Waals surface area contributed by atoms with Gasteiger partial charge in [-0.2, -0.15) is 0 Å². The Balaban J connectivity index is 0.000000194. The van der Waals surface area contributed by atoms with Crippen LogP contribution in [0, 0.1) is 10.1 Å². The van der Waals surface area contributed by atoms with E-state index < -0.39 is 33.7 Å². The predicted octanol–water partition coefficient (Wildman–Crippen LogP) is 0.638. The number of aromatic carboxylic acids is 2. The maximum Gasteiger partial charge on any atom is 0.343 e. The highest BCUT2D eigenvalue weighted by Gasteiger charge is 2.23. The molecule has 0 aliphatic carbocycles. The van der Waals surface area contributed by atoms with E-state index in [4.69, 9.17) is 5.11 Å². The molecule has 0 saturated carbocycles. The molecule has 1 heterocycles. The van der Waals surface area contributed by atoms with Crippen LogP contribution in [-0.2, 0) is 0 Å². The highest BCUT2D eigenvalue weighted by Crippen LogP contribution is 2.21. The summed E-state index contributed by atoms with van der Waals surface area (Å²) >= 11 is 0. The molecule has 3 aromatic rings. The summed E-state index contributed by atoms with van der Waals surface area (Å²) in [6.45, 7) is 0. The Hall–Kier alpha value is -3.75. The van der Waals surface area contributed by atoms with Crippen LogP contribution >= 0.6 is 0 Å². The lowest BCUT2D eigenvalue weighted by Gasteiger charge is -2.06. The number of hydrogen-bond acceptors (Lipinski definition) is 5. The first-order valence-electron chi connectivity index (χ1n) is 6.57. The lowest BCUT2D eigenvalue weighted by molar-refractivity contribution is -0.385. The van der Waals surface area contributed by atoms with Crippen molar-refractivity contribution < 1.29 is 29.7 Å². The summed E-state index contributed by atoms with van der Waals surface area (Å²) in [5, 5.41) is 29.6. The van der Waals surface area contributed by atoms with Crippen LogP contribution in [0.5, 0.6) is 0 Å². The van der Waals surface area contributed by atoms with Crippen LogP contribution in [0.4, 0.5) is 5.69 Å². The number of hydrogen-bond donors (Lipinski definition) is 2. The van der Waals surface area contributed by atoms with Crippen molar-refractivity contribution in [1.29, 1.82) is 0 Å². The van der Waals surface area contributed by atoms with Crippen LogP contribution in [0.3, 0.4) is 0 Å². The third kappa shape index (κ3) is 3.53. The second-order valence-electron chi connectivity index (χ2n) is 4.53. The van der Waals surface area contributed by atoms with Crippen molar-refractivity contribution >= 4 is 28.7 Å². The lowest BCUT2D eigenvalue weighted by atomic mass is 10.1. The van der Waals surface area contributed by atoms with E-state index in [1.807, 2.05) is 30.6 Å². The predicted molar refractivity (Wildman–Crippen MR) is 79.2 cm³/mol. The van der Waals surface area contributed by atoms with Gasteiger partial charge in [0.1, 0.15) is 5.56 Å². The molecule has 0 aliphatic heterocycles. The van der Waals surface area contributed by atoms with Crippen LogP contribution in [0.25, 0.3) is 11.0 Å². The Morgan fingerprint density at radius 2 is 1.83 bits per heavy atom. The minimum absolute atomic E-state index is 0.711. The first-order chi connectivity index (χ1) is 11.4. The fourth-order valence-corrected chi connectivity index (χ4v) is 2.01. The number of benzene rings is 2. The fraction of sp³-hybridized carbons (Fsp3) is 0. The molecule has 3 rings (SSSR count). The van der Waals surface area contributed by atoms with Gasteiger partial charge in [-0.25, -0.2) is 14.8 Å². The van der Waals surface area contributed by atoms with Gasteiger partial charge in [0.05, 0.1) is 10.9 Å². The second kappa shape index (κ2) is 7.01. The fourth-order valence-electron chi connectivity index (χ4n) is 2.01. The summed E-state index contributed by atoms with van der Waals surface area (Å²) in [7, 11) is 0. The molecular formula is C15H11N3O6. The summed E-state index contributed by atoms with van der Waals surface area (Å²) in [5.74, 6) is -3.45. The number of aromatic amines is 2. The van der Waals surface area contributed by atoms with E-state index in [0.717, 1.165) is 29.2 Å². The van der Waals surface area contributed by atoms with Crippen molar-refractivity contribution in [2.24, 2.45) is 0 Å². The number of carboxylic acid groups (broad SMARTS) is 2. The summed E-state index contributed by atoms with van der Waals surface area (Å²) in [5.41, 5.74) is -0.0570. The van der Waals surface area contributed by atoms with Gasteiger partial charge in [0.25, 0.3) is 5.69 Å². The van der Waals surface area contributed by atoms with E-state index in [1.165, 1.54) is 0 Å². The van der Waals surface area contributed by atoms with Crippen molar-refractivity contribution in [3.63, 3.8) is 0 Å². The average Bonchev–Trinajstić information content (AvgIpc) is 3.03. The third-order valence-corrected chi connectivity index (χ3v) is 3.06. The molecule has 24 heavy (non-hydrogen) atoms. The third-order valence-electron chi connectivity index (χ3n) is 3.06. The number of nitrogens with one attached hydrogen (secondary N) is 2. The molecule has 2 aromatic carbocycles. The molecule has 0 atom stereocenters. The molecule has 3 N–H and O–H groups in total. The molecule has 0 spiro atoms. The summed E-state index contributed by atoms with van der Waals surface area (Å²) in [4.78, 5) is 36.8. The molecule has 0 bridgehead atoms. The minimum Gasteiger partial charge on any atom is -0.545 e. The zero-order valence-corrected chi connectivity index (χ0v) is 12.1. The lowest BCUT2D eigenvalue weighted by Crippen LogP contribution is -2.25. The van der Waals surface area contributed by atoms with E-state index in [2.05, 4.69) is 9.97 Å². The van der Waals surface area contributed by atoms with E-state index >= 15 is 0 Å². The van der Waals surface area contributed by atoms with Crippen molar-refractivity contribution in [2.45, 2.75) is 0 Å². The number of H-pyrrole nitrogens is 2. The molecular weight excluding hydrogens is 318 g/mol. The Labute approximate surface area is 134 Å². The number of carbonyl (C=O) groups excluding carboxylic acids is 1. The molecule has 9 heteroatoms. The zero-order valence-electron chi connectivity index (χ0n) is 12.1. The first-order valence-corrected chi connectivity index (χ1v) is 6.57. The molecule has 0 amide bonds. The SMILES string of the molecule is O=C([O-])c1cccc([N+](=O)[O-])c1C(=O)O.c1ccc2[nH+]c[nH]c2c1. The van der Waals surface area contributed by atoms with Crippen molar-refractivity contribution in [2.75, 3.05) is 0 Å². The van der Waals surface area contributed by atoms with Gasteiger partial charge in [-0.05, 0) is 12.1 Å². The van der Waals surface area contributed by atoms with Crippen LogP contribution in [-0.4, -0.2) is 27.0 Å². The van der Waals surface area contributed by atoms with E-state index in [0.29, 0.717) is 0 Å². The number of para-hydroxylation sites is 2. The molecule has 0 aliphatic rings. The molecule has 0 radical (unpaired) electrons. The maximum absolute atomic E-state index is 10.7.